The Bertz CT molecular complexity index is 941. The first-order valence-electron chi connectivity index (χ1n) is 7.79. The minimum atomic E-state index is -0.929. The number of rotatable bonds is 4. The van der Waals surface area contributed by atoms with Gasteiger partial charge >= 0.3 is 5.97 Å². The van der Waals surface area contributed by atoms with E-state index in [0.717, 1.165) is 21.7 Å². The molecule has 0 fully saturated rings. The molecule has 3 rings (SSSR count). The van der Waals surface area contributed by atoms with Gasteiger partial charge in [-0.05, 0) is 12.3 Å². The summed E-state index contributed by atoms with van der Waals surface area (Å²) in [5.74, 6) is -1.60. The first-order chi connectivity index (χ1) is 11.4. The number of hydrogen-bond donors (Lipinski definition) is 1. The molecule has 124 valence electrons. The van der Waals surface area contributed by atoms with Gasteiger partial charge < -0.3 is 14.4 Å². The maximum absolute atomic E-state index is 12.7. The van der Waals surface area contributed by atoms with Crippen molar-refractivity contribution < 1.29 is 19.1 Å². The molecule has 1 N–H and O–H groups in total. The minimum Gasteiger partial charge on any atom is -0.481 e. The number of nitrogens with zero attached hydrogens (tertiary/aromatic N) is 1. The Morgan fingerprint density at radius 2 is 1.88 bits per heavy atom. The zero-order chi connectivity index (χ0) is 17.4. The number of carbonyl (C=O) groups is 2. The van der Waals surface area contributed by atoms with Crippen LogP contribution in [0.3, 0.4) is 0 Å². The van der Waals surface area contributed by atoms with E-state index in [1.165, 1.54) is 4.90 Å². The van der Waals surface area contributed by atoms with Gasteiger partial charge in [-0.3, -0.25) is 9.59 Å². The monoisotopic (exact) mass is 325 g/mol. The molecule has 0 saturated carbocycles. The highest BCUT2D eigenvalue weighted by Crippen LogP contribution is 2.32. The summed E-state index contributed by atoms with van der Waals surface area (Å²) in [6.45, 7) is 3.55. The standard InChI is InChI=1S/C19H19NO4/c1-11(19(22)23)10-20(3)18(21)16-12(2)14-9-8-13-6-4-5-7-15(13)17(14)24-16/h4-9,11H,10H2,1-3H3,(H,22,23). The zero-order valence-electron chi connectivity index (χ0n) is 13.9. The molecule has 3 aromatic rings. The lowest BCUT2D eigenvalue weighted by Crippen LogP contribution is -2.33. The summed E-state index contributed by atoms with van der Waals surface area (Å²) in [4.78, 5) is 25.0. The van der Waals surface area contributed by atoms with Crippen molar-refractivity contribution in [2.24, 2.45) is 5.92 Å². The molecule has 1 atom stereocenters. The molecule has 5 nitrogen and oxygen atoms in total. The molecule has 0 aliphatic carbocycles. The lowest BCUT2D eigenvalue weighted by Gasteiger charge is -2.18. The summed E-state index contributed by atoms with van der Waals surface area (Å²) in [5.41, 5.74) is 1.46. The van der Waals surface area contributed by atoms with E-state index >= 15 is 0 Å². The highest BCUT2D eigenvalue weighted by Gasteiger charge is 2.24. The summed E-state index contributed by atoms with van der Waals surface area (Å²) in [6.07, 6.45) is 0. The van der Waals surface area contributed by atoms with E-state index in [2.05, 4.69) is 0 Å². The molecule has 0 aliphatic rings. The van der Waals surface area contributed by atoms with Crippen LogP contribution in [0.5, 0.6) is 0 Å². The van der Waals surface area contributed by atoms with Gasteiger partial charge in [-0.2, -0.15) is 0 Å². The quantitative estimate of drug-likeness (QED) is 0.794. The number of carboxylic acid groups (broad SMARTS) is 1. The second kappa shape index (κ2) is 6.00. The second-order valence-corrected chi connectivity index (χ2v) is 6.14. The SMILES string of the molecule is Cc1c(C(=O)N(C)CC(C)C(=O)O)oc2c1ccc1ccccc12. The first kappa shape index (κ1) is 16.1. The van der Waals surface area contributed by atoms with Crippen LogP contribution in [0.1, 0.15) is 23.0 Å². The molecule has 1 aromatic heterocycles. The molecule has 1 heterocycles. The molecule has 1 amide bonds. The molecule has 5 heteroatoms. The molecule has 0 radical (unpaired) electrons. The number of fused-ring (bicyclic) bond motifs is 3. The fraction of sp³-hybridized carbons (Fsp3) is 0.263. The van der Waals surface area contributed by atoms with Crippen LogP contribution in [-0.4, -0.2) is 35.5 Å². The lowest BCUT2D eigenvalue weighted by molar-refractivity contribution is -0.141. The molecular weight excluding hydrogens is 306 g/mol. The Hall–Kier alpha value is -2.82. The maximum atomic E-state index is 12.7. The van der Waals surface area contributed by atoms with E-state index in [9.17, 15) is 9.59 Å². The van der Waals surface area contributed by atoms with Crippen LogP contribution in [0, 0.1) is 12.8 Å². The lowest BCUT2D eigenvalue weighted by atomic mass is 10.1. The van der Waals surface area contributed by atoms with Gasteiger partial charge in [0.1, 0.15) is 5.58 Å². The fourth-order valence-corrected chi connectivity index (χ4v) is 2.90. The topological polar surface area (TPSA) is 70.8 Å². The van der Waals surface area contributed by atoms with Crippen LogP contribution in [0.4, 0.5) is 0 Å². The van der Waals surface area contributed by atoms with Gasteiger partial charge in [0.05, 0.1) is 5.92 Å². The third-order valence-electron chi connectivity index (χ3n) is 4.34. The van der Waals surface area contributed by atoms with E-state index in [1.807, 2.05) is 43.3 Å². The number of carboxylic acids is 1. The van der Waals surface area contributed by atoms with Crippen molar-refractivity contribution in [3.8, 4) is 0 Å². The van der Waals surface area contributed by atoms with E-state index in [0.29, 0.717) is 5.58 Å². The molecule has 0 aliphatic heterocycles. The summed E-state index contributed by atoms with van der Waals surface area (Å²) < 4.78 is 5.90. The van der Waals surface area contributed by atoms with E-state index < -0.39 is 11.9 Å². The van der Waals surface area contributed by atoms with Crippen molar-refractivity contribution in [3.63, 3.8) is 0 Å². The van der Waals surface area contributed by atoms with Crippen LogP contribution in [0.25, 0.3) is 21.7 Å². The number of aliphatic carboxylic acids is 1. The highest BCUT2D eigenvalue weighted by atomic mass is 16.4. The predicted molar refractivity (Wildman–Crippen MR) is 92.2 cm³/mol. The van der Waals surface area contributed by atoms with Crippen LogP contribution in [-0.2, 0) is 4.79 Å². The average molecular weight is 325 g/mol. The normalized spacial score (nSPS) is 12.5. The second-order valence-electron chi connectivity index (χ2n) is 6.14. The van der Waals surface area contributed by atoms with Crippen LogP contribution in [0.15, 0.2) is 40.8 Å². The van der Waals surface area contributed by atoms with E-state index in [-0.39, 0.29) is 18.2 Å². The number of aryl methyl sites for hydroxylation is 1. The van der Waals surface area contributed by atoms with Gasteiger partial charge in [-0.1, -0.05) is 43.3 Å². The van der Waals surface area contributed by atoms with Crippen molar-refractivity contribution >= 4 is 33.6 Å². The van der Waals surface area contributed by atoms with Crippen molar-refractivity contribution in [2.75, 3.05) is 13.6 Å². The largest absolute Gasteiger partial charge is 0.481 e. The summed E-state index contributed by atoms with van der Waals surface area (Å²) in [5, 5.41) is 11.9. The summed E-state index contributed by atoms with van der Waals surface area (Å²) >= 11 is 0. The molecule has 0 saturated heterocycles. The average Bonchev–Trinajstić information content (AvgIpc) is 2.91. The Balaban J connectivity index is 2.03. The van der Waals surface area contributed by atoms with E-state index in [1.54, 1.807) is 14.0 Å². The van der Waals surface area contributed by atoms with Crippen LogP contribution in [0.2, 0.25) is 0 Å². The molecule has 0 spiro atoms. The fourth-order valence-electron chi connectivity index (χ4n) is 2.90. The Labute approximate surface area is 139 Å². The Morgan fingerprint density at radius 1 is 1.17 bits per heavy atom. The third kappa shape index (κ3) is 2.62. The maximum Gasteiger partial charge on any atom is 0.308 e. The number of carbonyl (C=O) groups excluding carboxylic acids is 1. The summed E-state index contributed by atoms with van der Waals surface area (Å²) in [7, 11) is 1.59. The predicted octanol–water partition coefficient (Wildman–Crippen LogP) is 3.69. The molecular formula is C19H19NO4. The van der Waals surface area contributed by atoms with Crippen LogP contribution >= 0.6 is 0 Å². The molecule has 1 unspecified atom stereocenters. The van der Waals surface area contributed by atoms with Gasteiger partial charge in [-0.25, -0.2) is 0 Å². The van der Waals surface area contributed by atoms with E-state index in [4.69, 9.17) is 9.52 Å². The van der Waals surface area contributed by atoms with Crippen LogP contribution < -0.4 is 0 Å². The first-order valence-corrected chi connectivity index (χ1v) is 7.79. The number of hydrogen-bond acceptors (Lipinski definition) is 3. The number of benzene rings is 2. The zero-order valence-corrected chi connectivity index (χ0v) is 13.9. The Morgan fingerprint density at radius 3 is 2.58 bits per heavy atom. The van der Waals surface area contributed by atoms with Gasteiger partial charge in [0.25, 0.3) is 5.91 Å². The van der Waals surface area contributed by atoms with Crippen molar-refractivity contribution in [2.45, 2.75) is 13.8 Å². The minimum absolute atomic E-state index is 0.130. The highest BCUT2D eigenvalue weighted by molar-refractivity contribution is 6.08. The van der Waals surface area contributed by atoms with Gasteiger partial charge in [0.2, 0.25) is 0 Å². The smallest absolute Gasteiger partial charge is 0.308 e. The Kier molecular flexibility index (Phi) is 4.01. The third-order valence-corrected chi connectivity index (χ3v) is 4.34. The number of amides is 1. The molecule has 24 heavy (non-hydrogen) atoms. The molecule has 0 bridgehead atoms. The van der Waals surface area contributed by atoms with Gasteiger partial charge in [-0.15, -0.1) is 0 Å². The van der Waals surface area contributed by atoms with Gasteiger partial charge in [0.15, 0.2) is 5.76 Å². The number of furan rings is 1. The van der Waals surface area contributed by atoms with Crippen molar-refractivity contribution in [1.29, 1.82) is 0 Å². The van der Waals surface area contributed by atoms with Crippen molar-refractivity contribution in [3.05, 3.63) is 47.7 Å². The van der Waals surface area contributed by atoms with Crippen molar-refractivity contribution in [1.82, 2.24) is 4.90 Å². The molecule has 2 aromatic carbocycles. The summed E-state index contributed by atoms with van der Waals surface area (Å²) in [6, 6.07) is 11.8. The van der Waals surface area contributed by atoms with Gasteiger partial charge in [0, 0.05) is 29.9 Å².